The maximum absolute atomic E-state index is 6.54. The highest BCUT2D eigenvalue weighted by Crippen LogP contribution is 2.30. The third kappa shape index (κ3) is 4.86. The standard InChI is InChI=1S/C24H35ClN6/c1-5-18-14-15(2)21(27-17(18)4)28-22-16(3)24(31-12-10-26-11-13-31)30-23(29-22)19-8-6-7-9-20(19)25/h6-9,15-16,18,21,24,26H,5,10-14H2,1-4H3,(H,28,29,30). The second-order valence-corrected chi connectivity index (χ2v) is 9.49. The van der Waals surface area contributed by atoms with Crippen LogP contribution in [0.25, 0.3) is 0 Å². The van der Waals surface area contributed by atoms with E-state index in [1.807, 2.05) is 24.3 Å². The minimum atomic E-state index is -0.0398. The van der Waals surface area contributed by atoms with E-state index in [0.29, 0.717) is 16.9 Å². The first-order chi connectivity index (χ1) is 15.0. The molecule has 7 heteroatoms. The highest BCUT2D eigenvalue weighted by Gasteiger charge is 2.35. The number of benzene rings is 1. The lowest BCUT2D eigenvalue weighted by molar-refractivity contribution is 0.153. The lowest BCUT2D eigenvalue weighted by Crippen LogP contribution is -2.56. The van der Waals surface area contributed by atoms with Gasteiger partial charge in [0.2, 0.25) is 0 Å². The fraction of sp³-hybridized carbons (Fsp3) is 0.625. The predicted molar refractivity (Wildman–Crippen MR) is 130 cm³/mol. The van der Waals surface area contributed by atoms with Gasteiger partial charge in [0.1, 0.15) is 24.0 Å². The van der Waals surface area contributed by atoms with Crippen molar-refractivity contribution in [2.24, 2.45) is 32.7 Å². The molecule has 3 aliphatic rings. The van der Waals surface area contributed by atoms with Crippen LogP contribution in [-0.2, 0) is 0 Å². The molecule has 5 unspecified atom stereocenters. The molecular weight excluding hydrogens is 408 g/mol. The van der Waals surface area contributed by atoms with Crippen LogP contribution >= 0.6 is 11.6 Å². The predicted octanol–water partition coefficient (Wildman–Crippen LogP) is 3.81. The van der Waals surface area contributed by atoms with Gasteiger partial charge in [-0.05, 0) is 43.7 Å². The summed E-state index contributed by atoms with van der Waals surface area (Å²) in [6.45, 7) is 12.8. The molecule has 1 saturated heterocycles. The van der Waals surface area contributed by atoms with E-state index in [-0.39, 0.29) is 18.2 Å². The minimum absolute atomic E-state index is 0.0398. The zero-order valence-corrected chi connectivity index (χ0v) is 19.9. The van der Waals surface area contributed by atoms with Gasteiger partial charge in [-0.3, -0.25) is 9.89 Å². The van der Waals surface area contributed by atoms with Crippen LogP contribution in [0.3, 0.4) is 0 Å². The second-order valence-electron chi connectivity index (χ2n) is 9.09. The topological polar surface area (TPSA) is 64.4 Å². The summed E-state index contributed by atoms with van der Waals surface area (Å²) in [6, 6.07) is 7.89. The Kier molecular flexibility index (Phi) is 7.09. The maximum atomic E-state index is 6.54. The van der Waals surface area contributed by atoms with Crippen molar-refractivity contribution in [1.29, 1.82) is 0 Å². The van der Waals surface area contributed by atoms with Gasteiger partial charge < -0.3 is 10.6 Å². The first-order valence-corrected chi connectivity index (χ1v) is 12.0. The molecule has 0 amide bonds. The quantitative estimate of drug-likeness (QED) is 0.745. The van der Waals surface area contributed by atoms with Gasteiger partial charge in [-0.15, -0.1) is 0 Å². The van der Waals surface area contributed by atoms with Crippen molar-refractivity contribution in [2.75, 3.05) is 26.2 Å². The summed E-state index contributed by atoms with van der Waals surface area (Å²) >= 11 is 6.54. The van der Waals surface area contributed by atoms with Crippen LogP contribution in [0.5, 0.6) is 0 Å². The fourth-order valence-corrected chi connectivity index (χ4v) is 5.11. The van der Waals surface area contributed by atoms with Gasteiger partial charge >= 0.3 is 0 Å². The number of rotatable bonds is 4. The van der Waals surface area contributed by atoms with E-state index in [0.717, 1.165) is 56.3 Å². The van der Waals surface area contributed by atoms with E-state index in [1.165, 1.54) is 5.71 Å². The van der Waals surface area contributed by atoms with E-state index in [9.17, 15) is 0 Å². The fourth-order valence-electron chi connectivity index (χ4n) is 4.88. The van der Waals surface area contributed by atoms with Crippen molar-refractivity contribution in [3.63, 3.8) is 0 Å². The largest absolute Gasteiger partial charge is 0.328 e. The van der Waals surface area contributed by atoms with Gasteiger partial charge in [-0.25, -0.2) is 9.98 Å². The number of hydrogen-bond acceptors (Lipinski definition) is 5. The first-order valence-electron chi connectivity index (χ1n) is 11.6. The molecule has 0 saturated carbocycles. The summed E-state index contributed by atoms with van der Waals surface area (Å²) in [4.78, 5) is 17.8. The van der Waals surface area contributed by atoms with Crippen molar-refractivity contribution in [3.05, 3.63) is 34.9 Å². The van der Waals surface area contributed by atoms with Crippen LogP contribution in [0.4, 0.5) is 0 Å². The van der Waals surface area contributed by atoms with Gasteiger partial charge in [0.15, 0.2) is 0 Å². The molecule has 0 aromatic heterocycles. The molecular formula is C24H35ClN6. The minimum Gasteiger partial charge on any atom is -0.328 e. The summed E-state index contributed by atoms with van der Waals surface area (Å²) in [6.07, 6.45) is 2.29. The van der Waals surface area contributed by atoms with Crippen LogP contribution in [0, 0.1) is 17.8 Å². The van der Waals surface area contributed by atoms with Crippen molar-refractivity contribution in [3.8, 4) is 0 Å². The smallest absolute Gasteiger partial charge is 0.144 e. The van der Waals surface area contributed by atoms with Crippen LogP contribution in [0.1, 0.15) is 46.1 Å². The first kappa shape index (κ1) is 22.4. The normalized spacial score (nSPS) is 33.6. The number of nitrogens with zero attached hydrogens (tertiary/aromatic N) is 4. The zero-order valence-electron chi connectivity index (χ0n) is 19.1. The molecule has 5 atom stereocenters. The van der Waals surface area contributed by atoms with Gasteiger partial charge in [0, 0.05) is 43.4 Å². The summed E-state index contributed by atoms with van der Waals surface area (Å²) < 4.78 is 0. The summed E-state index contributed by atoms with van der Waals surface area (Å²) in [5.74, 6) is 2.95. The number of piperazine rings is 1. The maximum Gasteiger partial charge on any atom is 0.144 e. The zero-order chi connectivity index (χ0) is 22.0. The molecule has 3 heterocycles. The number of amidine groups is 2. The molecule has 2 N–H and O–H groups in total. The Labute approximate surface area is 191 Å². The van der Waals surface area contributed by atoms with Crippen molar-refractivity contribution in [2.45, 2.75) is 52.9 Å². The third-order valence-electron chi connectivity index (χ3n) is 6.90. The molecule has 0 bridgehead atoms. The molecule has 4 rings (SSSR count). The van der Waals surface area contributed by atoms with Gasteiger partial charge in [0.25, 0.3) is 0 Å². The molecule has 0 aliphatic carbocycles. The van der Waals surface area contributed by atoms with E-state index in [1.54, 1.807) is 0 Å². The van der Waals surface area contributed by atoms with Gasteiger partial charge in [-0.2, -0.15) is 0 Å². The van der Waals surface area contributed by atoms with Crippen molar-refractivity contribution in [1.82, 2.24) is 15.5 Å². The Morgan fingerprint density at radius 1 is 1.16 bits per heavy atom. The molecule has 0 radical (unpaired) electrons. The van der Waals surface area contributed by atoms with Gasteiger partial charge in [0.05, 0.1) is 5.02 Å². The molecule has 1 aromatic carbocycles. The number of nitrogens with one attached hydrogen (secondary N) is 2. The molecule has 1 fully saturated rings. The van der Waals surface area contributed by atoms with Crippen LogP contribution < -0.4 is 10.6 Å². The monoisotopic (exact) mass is 442 g/mol. The van der Waals surface area contributed by atoms with Crippen molar-refractivity contribution >= 4 is 29.0 Å². The van der Waals surface area contributed by atoms with E-state index >= 15 is 0 Å². The molecule has 168 valence electrons. The molecule has 0 spiro atoms. The van der Waals surface area contributed by atoms with Crippen LogP contribution in [0.15, 0.2) is 39.2 Å². The Morgan fingerprint density at radius 3 is 2.61 bits per heavy atom. The summed E-state index contributed by atoms with van der Waals surface area (Å²) in [7, 11) is 0. The second kappa shape index (κ2) is 9.80. The van der Waals surface area contributed by atoms with E-state index in [4.69, 9.17) is 26.6 Å². The van der Waals surface area contributed by atoms with Gasteiger partial charge in [-0.1, -0.05) is 44.5 Å². The Morgan fingerprint density at radius 2 is 1.90 bits per heavy atom. The highest BCUT2D eigenvalue weighted by molar-refractivity contribution is 6.34. The average molecular weight is 443 g/mol. The average Bonchev–Trinajstić information content (AvgIpc) is 2.78. The lowest BCUT2D eigenvalue weighted by atomic mass is 9.86. The molecule has 31 heavy (non-hydrogen) atoms. The summed E-state index contributed by atoms with van der Waals surface area (Å²) in [5, 5.41) is 7.69. The lowest BCUT2D eigenvalue weighted by Gasteiger charge is -2.40. The summed E-state index contributed by atoms with van der Waals surface area (Å²) in [5.41, 5.74) is 2.16. The highest BCUT2D eigenvalue weighted by atomic mass is 35.5. The number of halogens is 1. The Bertz CT molecular complexity index is 873. The molecule has 1 aromatic rings. The van der Waals surface area contributed by atoms with Crippen molar-refractivity contribution < 1.29 is 0 Å². The molecule has 6 nitrogen and oxygen atoms in total. The molecule has 3 aliphatic heterocycles. The third-order valence-corrected chi connectivity index (χ3v) is 7.23. The Hall–Kier alpha value is -1.76. The number of aliphatic imine (C=N–C) groups is 3. The van der Waals surface area contributed by atoms with Crippen LogP contribution in [0.2, 0.25) is 5.02 Å². The Balaban J connectivity index is 1.69. The van der Waals surface area contributed by atoms with E-state index in [2.05, 4.69) is 43.2 Å². The SMILES string of the molecule is CCC1CC(C)C(N=C2NC(c3ccccc3Cl)=NC(N3CCNCC3)C2C)N=C1C. The number of hydrogen-bond donors (Lipinski definition) is 2. The van der Waals surface area contributed by atoms with E-state index < -0.39 is 0 Å². The van der Waals surface area contributed by atoms with Crippen LogP contribution in [-0.4, -0.2) is 60.8 Å².